The number of hydrogen-bond acceptors (Lipinski definition) is 4. The van der Waals surface area contributed by atoms with Crippen molar-refractivity contribution in [1.82, 2.24) is 20.4 Å². The van der Waals surface area contributed by atoms with Crippen molar-refractivity contribution < 1.29 is 4.79 Å². The predicted molar refractivity (Wildman–Crippen MR) is 81.0 cm³/mol. The summed E-state index contributed by atoms with van der Waals surface area (Å²) in [6, 6.07) is 0.487. The molecule has 0 bridgehead atoms. The maximum atomic E-state index is 12.3. The summed E-state index contributed by atoms with van der Waals surface area (Å²) in [6.45, 7) is 5.64. The van der Waals surface area contributed by atoms with Gasteiger partial charge in [0.15, 0.2) is 0 Å². The minimum absolute atomic E-state index is 0.0833. The Morgan fingerprint density at radius 1 is 1.40 bits per heavy atom. The van der Waals surface area contributed by atoms with Crippen LogP contribution in [0, 0.1) is 6.92 Å². The SMILES string of the molecule is CCC1CCCCCN1C(=O)NCCc1nnc(C)s1. The maximum absolute atomic E-state index is 12.3. The quantitative estimate of drug-likeness (QED) is 0.929. The number of carbonyl (C=O) groups excluding carboxylic acids is 1. The fourth-order valence-electron chi connectivity index (χ4n) is 2.69. The monoisotopic (exact) mass is 296 g/mol. The molecule has 1 aliphatic heterocycles. The van der Waals surface area contributed by atoms with E-state index in [2.05, 4.69) is 22.4 Å². The van der Waals surface area contributed by atoms with Crippen LogP contribution in [0.15, 0.2) is 0 Å². The lowest BCUT2D eigenvalue weighted by atomic mass is 10.1. The average molecular weight is 296 g/mol. The van der Waals surface area contributed by atoms with E-state index in [1.54, 1.807) is 11.3 Å². The van der Waals surface area contributed by atoms with Crippen LogP contribution >= 0.6 is 11.3 Å². The standard InChI is InChI=1S/C14H24N4OS/c1-3-12-7-5-4-6-10-18(12)14(19)15-9-8-13-17-16-11(2)20-13/h12H,3-10H2,1-2H3,(H,15,19). The lowest BCUT2D eigenvalue weighted by Gasteiger charge is -2.29. The zero-order chi connectivity index (χ0) is 14.4. The molecule has 1 aliphatic rings. The number of carbonyl (C=O) groups is 1. The average Bonchev–Trinajstić information content (AvgIpc) is 2.72. The van der Waals surface area contributed by atoms with Crippen molar-refractivity contribution >= 4 is 17.4 Å². The van der Waals surface area contributed by atoms with Gasteiger partial charge in [0.05, 0.1) is 0 Å². The number of likely N-dealkylation sites (tertiary alicyclic amines) is 1. The Bertz CT molecular complexity index is 435. The molecule has 6 heteroatoms. The van der Waals surface area contributed by atoms with Gasteiger partial charge >= 0.3 is 6.03 Å². The van der Waals surface area contributed by atoms with Crippen LogP contribution in [-0.2, 0) is 6.42 Å². The first-order chi connectivity index (χ1) is 9.70. The first kappa shape index (κ1) is 15.2. The van der Waals surface area contributed by atoms with Gasteiger partial charge in [-0.05, 0) is 26.2 Å². The number of hydrogen-bond donors (Lipinski definition) is 1. The molecule has 1 aromatic heterocycles. The van der Waals surface area contributed by atoms with E-state index in [4.69, 9.17) is 0 Å². The topological polar surface area (TPSA) is 58.1 Å². The molecule has 0 radical (unpaired) electrons. The highest BCUT2D eigenvalue weighted by molar-refractivity contribution is 7.11. The van der Waals surface area contributed by atoms with Crippen molar-refractivity contribution in [2.75, 3.05) is 13.1 Å². The van der Waals surface area contributed by atoms with E-state index in [1.165, 1.54) is 12.8 Å². The smallest absolute Gasteiger partial charge is 0.317 e. The third kappa shape index (κ3) is 4.16. The fourth-order valence-corrected chi connectivity index (χ4v) is 3.39. The second-order valence-electron chi connectivity index (χ2n) is 5.30. The Kier molecular flexibility index (Phi) is 5.76. The first-order valence-corrected chi connectivity index (χ1v) is 8.35. The maximum Gasteiger partial charge on any atom is 0.317 e. The predicted octanol–water partition coefficient (Wildman–Crippen LogP) is 2.75. The summed E-state index contributed by atoms with van der Waals surface area (Å²) in [7, 11) is 0. The second kappa shape index (κ2) is 7.57. The third-order valence-corrected chi connectivity index (χ3v) is 4.69. The summed E-state index contributed by atoms with van der Waals surface area (Å²) >= 11 is 1.60. The zero-order valence-electron chi connectivity index (χ0n) is 12.4. The summed E-state index contributed by atoms with van der Waals surface area (Å²) in [5, 5.41) is 13.1. The van der Waals surface area contributed by atoms with Crippen LogP contribution < -0.4 is 5.32 Å². The number of amides is 2. The molecular formula is C14H24N4OS. The fraction of sp³-hybridized carbons (Fsp3) is 0.786. The highest BCUT2D eigenvalue weighted by Crippen LogP contribution is 2.19. The van der Waals surface area contributed by atoms with Crippen molar-refractivity contribution in [3.05, 3.63) is 10.0 Å². The third-order valence-electron chi connectivity index (χ3n) is 3.79. The van der Waals surface area contributed by atoms with Gasteiger partial charge in [-0.15, -0.1) is 21.5 Å². The lowest BCUT2D eigenvalue weighted by Crippen LogP contribution is -2.46. The van der Waals surface area contributed by atoms with Gasteiger partial charge in [0.1, 0.15) is 10.0 Å². The van der Waals surface area contributed by atoms with Crippen LogP contribution in [0.25, 0.3) is 0 Å². The number of rotatable bonds is 4. The van der Waals surface area contributed by atoms with Gasteiger partial charge in [0.25, 0.3) is 0 Å². The van der Waals surface area contributed by atoms with Gasteiger partial charge in [-0.25, -0.2) is 4.79 Å². The van der Waals surface area contributed by atoms with Crippen molar-refractivity contribution in [2.45, 2.75) is 58.4 Å². The molecule has 2 heterocycles. The molecule has 1 saturated heterocycles. The summed E-state index contributed by atoms with van der Waals surface area (Å²) in [4.78, 5) is 14.3. The van der Waals surface area contributed by atoms with E-state index in [9.17, 15) is 4.79 Å². The largest absolute Gasteiger partial charge is 0.338 e. The summed E-state index contributed by atoms with van der Waals surface area (Å²) in [6.07, 6.45) is 6.56. The summed E-state index contributed by atoms with van der Waals surface area (Å²) < 4.78 is 0. The van der Waals surface area contributed by atoms with Gasteiger partial charge in [0.2, 0.25) is 0 Å². The molecule has 112 valence electrons. The van der Waals surface area contributed by atoms with E-state index in [-0.39, 0.29) is 6.03 Å². The van der Waals surface area contributed by atoms with Crippen LogP contribution in [0.4, 0.5) is 4.79 Å². The van der Waals surface area contributed by atoms with Crippen LogP contribution in [0.1, 0.15) is 49.0 Å². The van der Waals surface area contributed by atoms with E-state index in [0.29, 0.717) is 12.6 Å². The Morgan fingerprint density at radius 3 is 2.95 bits per heavy atom. The Balaban J connectivity index is 1.80. The molecule has 2 rings (SSSR count). The van der Waals surface area contributed by atoms with Gasteiger partial charge in [-0.1, -0.05) is 19.8 Å². The van der Waals surface area contributed by atoms with E-state index in [0.717, 1.165) is 42.2 Å². The Morgan fingerprint density at radius 2 is 2.25 bits per heavy atom. The normalized spacial score (nSPS) is 19.7. The highest BCUT2D eigenvalue weighted by Gasteiger charge is 2.23. The Labute approximate surface area is 124 Å². The molecule has 0 aliphatic carbocycles. The first-order valence-electron chi connectivity index (χ1n) is 7.54. The number of aryl methyl sites for hydroxylation is 1. The molecule has 1 aromatic rings. The van der Waals surface area contributed by atoms with Crippen molar-refractivity contribution in [1.29, 1.82) is 0 Å². The number of nitrogens with one attached hydrogen (secondary N) is 1. The summed E-state index contributed by atoms with van der Waals surface area (Å²) in [5.74, 6) is 0. The number of nitrogens with zero attached hydrogens (tertiary/aromatic N) is 3. The molecule has 5 nitrogen and oxygen atoms in total. The molecule has 2 amide bonds. The highest BCUT2D eigenvalue weighted by atomic mass is 32.1. The molecule has 0 spiro atoms. The Hall–Kier alpha value is -1.17. The zero-order valence-corrected chi connectivity index (χ0v) is 13.2. The lowest BCUT2D eigenvalue weighted by molar-refractivity contribution is 0.173. The minimum Gasteiger partial charge on any atom is -0.338 e. The molecule has 1 unspecified atom stereocenters. The van der Waals surface area contributed by atoms with E-state index < -0.39 is 0 Å². The van der Waals surface area contributed by atoms with E-state index >= 15 is 0 Å². The second-order valence-corrected chi connectivity index (χ2v) is 6.57. The van der Waals surface area contributed by atoms with Crippen molar-refractivity contribution in [3.8, 4) is 0 Å². The number of aromatic nitrogens is 2. The van der Waals surface area contributed by atoms with Gasteiger partial charge in [-0.3, -0.25) is 0 Å². The molecule has 0 saturated carbocycles. The molecule has 1 fully saturated rings. The minimum atomic E-state index is 0.0833. The molecule has 1 N–H and O–H groups in total. The van der Waals surface area contributed by atoms with Gasteiger partial charge in [0, 0.05) is 25.6 Å². The van der Waals surface area contributed by atoms with E-state index in [1.807, 2.05) is 11.8 Å². The molecule has 20 heavy (non-hydrogen) atoms. The van der Waals surface area contributed by atoms with Gasteiger partial charge in [-0.2, -0.15) is 0 Å². The van der Waals surface area contributed by atoms with Crippen molar-refractivity contribution in [2.24, 2.45) is 0 Å². The van der Waals surface area contributed by atoms with Crippen LogP contribution in [0.5, 0.6) is 0 Å². The van der Waals surface area contributed by atoms with Crippen LogP contribution in [0.3, 0.4) is 0 Å². The summed E-state index contributed by atoms with van der Waals surface area (Å²) in [5.41, 5.74) is 0. The molecule has 1 atom stereocenters. The van der Waals surface area contributed by atoms with Crippen molar-refractivity contribution in [3.63, 3.8) is 0 Å². The molecule has 0 aromatic carbocycles. The molecular weight excluding hydrogens is 272 g/mol. The van der Waals surface area contributed by atoms with Crippen LogP contribution in [0.2, 0.25) is 0 Å². The van der Waals surface area contributed by atoms with Gasteiger partial charge < -0.3 is 10.2 Å². The van der Waals surface area contributed by atoms with Crippen LogP contribution in [-0.4, -0.2) is 40.3 Å². The number of urea groups is 1.